The lowest BCUT2D eigenvalue weighted by Gasteiger charge is -2.31. The van der Waals surface area contributed by atoms with Gasteiger partial charge < -0.3 is 14.7 Å². The van der Waals surface area contributed by atoms with Crippen LogP contribution in [0.4, 0.5) is 0 Å². The van der Waals surface area contributed by atoms with E-state index in [4.69, 9.17) is 0 Å². The molecule has 0 radical (unpaired) electrons. The number of benzene rings is 1. The predicted molar refractivity (Wildman–Crippen MR) is 72.4 cm³/mol. The van der Waals surface area contributed by atoms with Crippen molar-refractivity contribution in [2.45, 2.75) is 18.9 Å². The summed E-state index contributed by atoms with van der Waals surface area (Å²) in [5.41, 5.74) is 1.27. The lowest BCUT2D eigenvalue weighted by Crippen LogP contribution is -2.36. The number of aliphatic hydroxyl groups excluding tert-OH is 1. The Morgan fingerprint density at radius 3 is 2.65 bits per heavy atom. The van der Waals surface area contributed by atoms with Crippen molar-refractivity contribution < 1.29 is 19.4 Å². The summed E-state index contributed by atoms with van der Waals surface area (Å²) in [5, 5.41) is 9.59. The van der Waals surface area contributed by atoms with E-state index in [1.807, 2.05) is 30.3 Å². The van der Waals surface area contributed by atoms with Gasteiger partial charge in [0.25, 0.3) is 0 Å². The molecule has 0 aromatic heterocycles. The standard InChI is InChI=1S/C15H17NO4/c1-20-15(19)12-7-8-14(18)16(9-12)13(10-17)11-5-3-2-4-6-11/h2-6,9,13,17H,7-8,10H2,1H3/t13-/m1/s1. The molecule has 1 atom stereocenters. The topological polar surface area (TPSA) is 66.8 Å². The number of aliphatic hydroxyl groups is 1. The molecule has 1 aromatic rings. The number of carbonyl (C=O) groups excluding carboxylic acids is 2. The van der Waals surface area contributed by atoms with Crippen LogP contribution in [0.15, 0.2) is 42.1 Å². The molecule has 106 valence electrons. The fourth-order valence-electron chi connectivity index (χ4n) is 2.25. The van der Waals surface area contributed by atoms with E-state index < -0.39 is 12.0 Å². The van der Waals surface area contributed by atoms with Gasteiger partial charge in [0.2, 0.25) is 5.91 Å². The number of hydrogen-bond donors (Lipinski definition) is 1. The van der Waals surface area contributed by atoms with Crippen LogP contribution in [0.25, 0.3) is 0 Å². The minimum atomic E-state index is -0.483. The minimum absolute atomic E-state index is 0.111. The molecule has 1 N–H and O–H groups in total. The van der Waals surface area contributed by atoms with Crippen LogP contribution < -0.4 is 0 Å². The van der Waals surface area contributed by atoms with Gasteiger partial charge in [-0.2, -0.15) is 0 Å². The summed E-state index contributed by atoms with van der Waals surface area (Å²) in [6.07, 6.45) is 2.10. The van der Waals surface area contributed by atoms with Crippen LogP contribution in [0.2, 0.25) is 0 Å². The van der Waals surface area contributed by atoms with Crippen molar-refractivity contribution in [3.63, 3.8) is 0 Å². The van der Waals surface area contributed by atoms with Gasteiger partial charge in [-0.1, -0.05) is 30.3 Å². The summed E-state index contributed by atoms with van der Waals surface area (Å²) < 4.78 is 4.68. The zero-order valence-electron chi connectivity index (χ0n) is 11.3. The number of carbonyl (C=O) groups is 2. The first-order valence-corrected chi connectivity index (χ1v) is 6.43. The van der Waals surface area contributed by atoms with Crippen LogP contribution in [-0.2, 0) is 14.3 Å². The summed E-state index contributed by atoms with van der Waals surface area (Å²) in [6.45, 7) is -0.208. The highest BCUT2D eigenvalue weighted by molar-refractivity contribution is 5.92. The van der Waals surface area contributed by atoms with E-state index in [1.165, 1.54) is 18.2 Å². The third-order valence-electron chi connectivity index (χ3n) is 3.33. The molecule has 0 aliphatic carbocycles. The Hall–Kier alpha value is -2.14. The number of amides is 1. The van der Waals surface area contributed by atoms with Gasteiger partial charge >= 0.3 is 5.97 Å². The molecule has 0 spiro atoms. The molecule has 0 saturated heterocycles. The zero-order valence-corrected chi connectivity index (χ0v) is 11.3. The molecule has 5 nitrogen and oxygen atoms in total. The van der Waals surface area contributed by atoms with Gasteiger partial charge in [0.1, 0.15) is 0 Å². The first kappa shape index (κ1) is 14.3. The number of hydrogen-bond acceptors (Lipinski definition) is 4. The summed E-state index contributed by atoms with van der Waals surface area (Å²) in [5.74, 6) is -0.548. The van der Waals surface area contributed by atoms with Crippen LogP contribution >= 0.6 is 0 Å². The number of methoxy groups -OCH3 is 1. The van der Waals surface area contributed by atoms with Gasteiger partial charge in [-0.15, -0.1) is 0 Å². The van der Waals surface area contributed by atoms with Crippen LogP contribution in [0, 0.1) is 0 Å². The Labute approximate surface area is 117 Å². The number of rotatable bonds is 4. The maximum absolute atomic E-state index is 12.0. The van der Waals surface area contributed by atoms with Crippen molar-refractivity contribution in [1.82, 2.24) is 4.90 Å². The Bertz CT molecular complexity index is 524. The Morgan fingerprint density at radius 2 is 2.05 bits per heavy atom. The van der Waals surface area contributed by atoms with E-state index in [1.54, 1.807) is 0 Å². The molecule has 1 amide bonds. The highest BCUT2D eigenvalue weighted by Crippen LogP contribution is 2.27. The number of ether oxygens (including phenoxy) is 1. The van der Waals surface area contributed by atoms with Gasteiger partial charge in [-0.3, -0.25) is 4.79 Å². The van der Waals surface area contributed by atoms with Gasteiger partial charge in [-0.25, -0.2) is 4.79 Å². The molecular weight excluding hydrogens is 258 g/mol. The van der Waals surface area contributed by atoms with Gasteiger partial charge in [0, 0.05) is 12.6 Å². The van der Waals surface area contributed by atoms with Crippen molar-refractivity contribution in [3.8, 4) is 0 Å². The molecule has 0 fully saturated rings. The first-order valence-electron chi connectivity index (χ1n) is 6.43. The second kappa shape index (κ2) is 6.34. The zero-order chi connectivity index (χ0) is 14.5. The van der Waals surface area contributed by atoms with Crippen LogP contribution in [0.1, 0.15) is 24.4 Å². The second-order valence-corrected chi connectivity index (χ2v) is 4.56. The third kappa shape index (κ3) is 2.88. The monoisotopic (exact) mass is 275 g/mol. The molecule has 2 rings (SSSR count). The Morgan fingerprint density at radius 1 is 1.35 bits per heavy atom. The van der Waals surface area contributed by atoms with Crippen LogP contribution in [0.3, 0.4) is 0 Å². The normalized spacial score (nSPS) is 16.6. The van der Waals surface area contributed by atoms with Crippen molar-refractivity contribution in [3.05, 3.63) is 47.7 Å². The smallest absolute Gasteiger partial charge is 0.335 e. The Kier molecular flexibility index (Phi) is 4.53. The summed E-state index contributed by atoms with van der Waals surface area (Å²) >= 11 is 0. The van der Waals surface area contributed by atoms with Crippen LogP contribution in [-0.4, -0.2) is 35.6 Å². The molecule has 0 bridgehead atoms. The minimum Gasteiger partial charge on any atom is -0.466 e. The maximum atomic E-state index is 12.0. The van der Waals surface area contributed by atoms with E-state index in [0.717, 1.165) is 5.56 Å². The summed E-state index contributed by atoms with van der Waals surface area (Å²) in [4.78, 5) is 25.0. The van der Waals surface area contributed by atoms with Gasteiger partial charge in [0.15, 0.2) is 0 Å². The highest BCUT2D eigenvalue weighted by atomic mass is 16.5. The van der Waals surface area contributed by atoms with Crippen LogP contribution in [0.5, 0.6) is 0 Å². The third-order valence-corrected chi connectivity index (χ3v) is 3.33. The van der Waals surface area contributed by atoms with E-state index >= 15 is 0 Å². The molecule has 0 unspecified atom stereocenters. The lowest BCUT2D eigenvalue weighted by atomic mass is 10.0. The molecule has 1 aliphatic heterocycles. The fraction of sp³-hybridized carbons (Fsp3) is 0.333. The first-order chi connectivity index (χ1) is 9.67. The number of nitrogens with zero attached hydrogens (tertiary/aromatic N) is 1. The quantitative estimate of drug-likeness (QED) is 0.843. The van der Waals surface area contributed by atoms with Crippen molar-refractivity contribution >= 4 is 11.9 Å². The average Bonchev–Trinajstić information content (AvgIpc) is 2.50. The number of esters is 1. The fourth-order valence-corrected chi connectivity index (χ4v) is 2.25. The molecular formula is C15H17NO4. The Balaban J connectivity index is 2.32. The van der Waals surface area contributed by atoms with Crippen molar-refractivity contribution in [2.75, 3.05) is 13.7 Å². The lowest BCUT2D eigenvalue weighted by molar-refractivity contribution is -0.137. The van der Waals surface area contributed by atoms with Crippen molar-refractivity contribution in [2.24, 2.45) is 0 Å². The van der Waals surface area contributed by atoms with Crippen molar-refractivity contribution in [1.29, 1.82) is 0 Å². The largest absolute Gasteiger partial charge is 0.466 e. The molecule has 1 aromatic carbocycles. The van der Waals surface area contributed by atoms with Gasteiger partial charge in [-0.05, 0) is 12.0 Å². The molecule has 0 saturated carbocycles. The second-order valence-electron chi connectivity index (χ2n) is 4.56. The molecule has 20 heavy (non-hydrogen) atoms. The van der Waals surface area contributed by atoms with Gasteiger partial charge in [0.05, 0.1) is 25.3 Å². The predicted octanol–water partition coefficient (Wildman–Crippen LogP) is 1.40. The summed E-state index contributed by atoms with van der Waals surface area (Å²) in [7, 11) is 1.31. The molecule has 1 aliphatic rings. The summed E-state index contributed by atoms with van der Waals surface area (Å²) in [6, 6.07) is 8.76. The van der Waals surface area contributed by atoms with E-state index in [9.17, 15) is 14.7 Å². The SMILES string of the molecule is COC(=O)C1=CN([C@H](CO)c2ccccc2)C(=O)CC1. The van der Waals surface area contributed by atoms with E-state index in [0.29, 0.717) is 12.0 Å². The molecule has 5 heteroatoms. The molecule has 1 heterocycles. The van der Waals surface area contributed by atoms with E-state index in [2.05, 4.69) is 4.74 Å². The average molecular weight is 275 g/mol. The maximum Gasteiger partial charge on any atom is 0.335 e. The highest BCUT2D eigenvalue weighted by Gasteiger charge is 2.28. The van der Waals surface area contributed by atoms with E-state index in [-0.39, 0.29) is 18.9 Å².